The monoisotopic (exact) mass is 319 g/mol. The van der Waals surface area contributed by atoms with Gasteiger partial charge in [0.25, 0.3) is 0 Å². The summed E-state index contributed by atoms with van der Waals surface area (Å²) in [4.78, 5) is 12.0. The van der Waals surface area contributed by atoms with Gasteiger partial charge in [0.2, 0.25) is 5.91 Å². The molecule has 1 aliphatic rings. The lowest BCUT2D eigenvalue weighted by Gasteiger charge is -2.25. The van der Waals surface area contributed by atoms with Crippen molar-refractivity contribution >= 4 is 29.1 Å². The zero-order valence-corrected chi connectivity index (χ0v) is 12.7. The molecule has 0 spiro atoms. The van der Waals surface area contributed by atoms with E-state index < -0.39 is 15.3 Å². The van der Waals surface area contributed by atoms with Gasteiger partial charge in [-0.2, -0.15) is 0 Å². The fourth-order valence-electron chi connectivity index (χ4n) is 2.00. The molecule has 1 aliphatic carbocycles. The molecular formula is C14H16Cl2FNO2. The van der Waals surface area contributed by atoms with Crippen LogP contribution in [0.3, 0.4) is 0 Å². The van der Waals surface area contributed by atoms with Crippen molar-refractivity contribution in [2.45, 2.75) is 30.2 Å². The molecule has 1 fully saturated rings. The van der Waals surface area contributed by atoms with E-state index in [-0.39, 0.29) is 18.3 Å². The minimum Gasteiger partial charge on any atom is -0.384 e. The Hall–Kier alpha value is -0.840. The summed E-state index contributed by atoms with van der Waals surface area (Å²) in [6, 6.07) is 5.48. The van der Waals surface area contributed by atoms with E-state index in [1.165, 1.54) is 24.3 Å². The first-order valence-corrected chi connectivity index (χ1v) is 6.99. The molecular weight excluding hydrogens is 304 g/mol. The lowest BCUT2D eigenvalue weighted by molar-refractivity contribution is -0.127. The zero-order valence-electron chi connectivity index (χ0n) is 11.2. The van der Waals surface area contributed by atoms with Crippen LogP contribution in [0.2, 0.25) is 0 Å². The van der Waals surface area contributed by atoms with Crippen LogP contribution in [0.4, 0.5) is 4.39 Å². The van der Waals surface area contributed by atoms with E-state index in [1.807, 2.05) is 0 Å². The number of benzene rings is 1. The summed E-state index contributed by atoms with van der Waals surface area (Å²) in [6.45, 7) is 3.22. The van der Waals surface area contributed by atoms with Crippen molar-refractivity contribution in [1.82, 2.24) is 5.32 Å². The maximum atomic E-state index is 12.9. The maximum absolute atomic E-state index is 12.9. The van der Waals surface area contributed by atoms with Crippen LogP contribution in [0.25, 0.3) is 0 Å². The highest BCUT2D eigenvalue weighted by Crippen LogP contribution is 2.63. The predicted molar refractivity (Wildman–Crippen MR) is 76.1 cm³/mol. The normalized spacial score (nSPS) is 26.7. The third-order valence-corrected chi connectivity index (χ3v) is 4.92. The standard InChI is InChI=1S/C14H16Cl2FNO2/c1-12(7-14(12,15)16)11(19)18-8-13(2,20)9-3-5-10(17)6-4-9/h3-6,20H,7-8H2,1-2H3,(H,18,19). The van der Waals surface area contributed by atoms with Gasteiger partial charge in [-0.3, -0.25) is 4.79 Å². The number of alkyl halides is 2. The topological polar surface area (TPSA) is 49.3 Å². The molecule has 20 heavy (non-hydrogen) atoms. The zero-order chi connectivity index (χ0) is 15.2. The van der Waals surface area contributed by atoms with Crippen LogP contribution in [-0.2, 0) is 10.4 Å². The highest BCUT2D eigenvalue weighted by molar-refractivity contribution is 6.53. The third kappa shape index (κ3) is 2.78. The molecule has 110 valence electrons. The van der Waals surface area contributed by atoms with Crippen molar-refractivity contribution in [1.29, 1.82) is 0 Å². The van der Waals surface area contributed by atoms with E-state index in [0.29, 0.717) is 12.0 Å². The molecule has 0 aliphatic heterocycles. The van der Waals surface area contributed by atoms with Crippen LogP contribution in [0.5, 0.6) is 0 Å². The van der Waals surface area contributed by atoms with Crippen LogP contribution in [0.15, 0.2) is 24.3 Å². The summed E-state index contributed by atoms with van der Waals surface area (Å²) in [5.74, 6) is -0.682. The fourth-order valence-corrected chi connectivity index (χ4v) is 2.71. The Balaban J connectivity index is 2.00. The van der Waals surface area contributed by atoms with Crippen molar-refractivity contribution in [3.05, 3.63) is 35.6 Å². The van der Waals surface area contributed by atoms with Gasteiger partial charge in [-0.15, -0.1) is 23.2 Å². The average Bonchev–Trinajstić information content (AvgIpc) is 2.87. The molecule has 0 saturated heterocycles. The molecule has 1 amide bonds. The van der Waals surface area contributed by atoms with E-state index in [2.05, 4.69) is 5.32 Å². The fraction of sp³-hybridized carbons (Fsp3) is 0.500. The molecule has 2 rings (SSSR count). The smallest absolute Gasteiger partial charge is 0.229 e. The first-order valence-electron chi connectivity index (χ1n) is 6.23. The number of hydrogen-bond donors (Lipinski definition) is 2. The predicted octanol–water partition coefficient (Wildman–Crippen LogP) is 2.73. The lowest BCUT2D eigenvalue weighted by atomic mass is 9.95. The van der Waals surface area contributed by atoms with Crippen LogP contribution >= 0.6 is 23.2 Å². The molecule has 2 unspecified atom stereocenters. The van der Waals surface area contributed by atoms with Gasteiger partial charge in [0.15, 0.2) is 0 Å². The van der Waals surface area contributed by atoms with E-state index in [4.69, 9.17) is 23.2 Å². The minimum atomic E-state index is -1.30. The molecule has 1 aromatic rings. The van der Waals surface area contributed by atoms with Crippen molar-refractivity contribution < 1.29 is 14.3 Å². The quantitative estimate of drug-likeness (QED) is 0.838. The van der Waals surface area contributed by atoms with E-state index in [1.54, 1.807) is 13.8 Å². The molecule has 0 radical (unpaired) electrons. The second-order valence-electron chi connectivity index (χ2n) is 5.68. The minimum absolute atomic E-state index is 0.00306. The van der Waals surface area contributed by atoms with Crippen molar-refractivity contribution in [3.8, 4) is 0 Å². The summed E-state index contributed by atoms with van der Waals surface area (Å²) >= 11 is 11.9. The summed E-state index contributed by atoms with van der Waals surface area (Å²) in [5, 5.41) is 13.0. The molecule has 2 N–H and O–H groups in total. The largest absolute Gasteiger partial charge is 0.384 e. The van der Waals surface area contributed by atoms with Crippen LogP contribution in [-0.4, -0.2) is 21.9 Å². The lowest BCUT2D eigenvalue weighted by Crippen LogP contribution is -2.42. The maximum Gasteiger partial charge on any atom is 0.229 e. The summed E-state index contributed by atoms with van der Waals surface area (Å²) in [6.07, 6.45) is 0.383. The number of aliphatic hydroxyl groups is 1. The third-order valence-electron chi connectivity index (χ3n) is 3.82. The second kappa shape index (κ2) is 4.86. The van der Waals surface area contributed by atoms with Crippen molar-refractivity contribution in [2.75, 3.05) is 6.54 Å². The first kappa shape index (κ1) is 15.5. The SMILES string of the molecule is CC(O)(CNC(=O)C1(C)CC1(Cl)Cl)c1ccc(F)cc1. The highest BCUT2D eigenvalue weighted by atomic mass is 35.5. The van der Waals surface area contributed by atoms with Crippen LogP contribution < -0.4 is 5.32 Å². The van der Waals surface area contributed by atoms with Crippen LogP contribution in [0.1, 0.15) is 25.8 Å². The Kier molecular flexibility index (Phi) is 3.78. The van der Waals surface area contributed by atoms with Crippen LogP contribution in [0, 0.1) is 11.2 Å². The van der Waals surface area contributed by atoms with Gasteiger partial charge in [0.05, 0.1) is 12.0 Å². The number of carbonyl (C=O) groups is 1. The van der Waals surface area contributed by atoms with Gasteiger partial charge in [-0.1, -0.05) is 12.1 Å². The number of nitrogens with one attached hydrogen (secondary N) is 1. The van der Waals surface area contributed by atoms with Gasteiger partial charge < -0.3 is 10.4 Å². The summed E-state index contributed by atoms with van der Waals surface area (Å²) < 4.78 is 11.8. The first-order chi connectivity index (χ1) is 9.08. The average molecular weight is 320 g/mol. The Morgan fingerprint density at radius 1 is 1.45 bits per heavy atom. The summed E-state index contributed by atoms with van der Waals surface area (Å²) in [7, 11) is 0. The van der Waals surface area contributed by atoms with E-state index >= 15 is 0 Å². The number of rotatable bonds is 4. The molecule has 0 heterocycles. The Labute approximate surface area is 127 Å². The number of hydrogen-bond acceptors (Lipinski definition) is 2. The summed E-state index contributed by atoms with van der Waals surface area (Å²) in [5.41, 5.74) is -1.60. The second-order valence-corrected chi connectivity index (χ2v) is 7.16. The van der Waals surface area contributed by atoms with Crippen molar-refractivity contribution in [3.63, 3.8) is 0 Å². The molecule has 1 aromatic carbocycles. The molecule has 2 atom stereocenters. The van der Waals surface area contributed by atoms with Gasteiger partial charge in [-0.25, -0.2) is 4.39 Å². The number of carbonyl (C=O) groups excluding carboxylic acids is 1. The number of amides is 1. The molecule has 3 nitrogen and oxygen atoms in total. The van der Waals surface area contributed by atoms with Crippen molar-refractivity contribution in [2.24, 2.45) is 5.41 Å². The number of halogens is 3. The molecule has 1 saturated carbocycles. The molecule has 0 aromatic heterocycles. The Bertz CT molecular complexity index is 530. The van der Waals surface area contributed by atoms with E-state index in [0.717, 1.165) is 0 Å². The molecule has 6 heteroatoms. The van der Waals surface area contributed by atoms with Gasteiger partial charge in [0, 0.05) is 0 Å². The van der Waals surface area contributed by atoms with Gasteiger partial charge in [0.1, 0.15) is 15.8 Å². The molecule has 0 bridgehead atoms. The Morgan fingerprint density at radius 3 is 2.40 bits per heavy atom. The van der Waals surface area contributed by atoms with Gasteiger partial charge in [-0.05, 0) is 38.0 Å². The van der Waals surface area contributed by atoms with Gasteiger partial charge >= 0.3 is 0 Å². The Morgan fingerprint density at radius 2 is 1.95 bits per heavy atom. The highest BCUT2D eigenvalue weighted by Gasteiger charge is 2.67. The van der Waals surface area contributed by atoms with E-state index in [9.17, 15) is 14.3 Å².